The Morgan fingerprint density at radius 2 is 2.23 bits per heavy atom. The molecule has 142 valence electrons. The molecule has 1 saturated heterocycles. The van der Waals surface area contributed by atoms with Gasteiger partial charge in [0.05, 0.1) is 18.9 Å². The summed E-state index contributed by atoms with van der Waals surface area (Å²) in [5.74, 6) is 1.96. The molecule has 0 bridgehead atoms. The molecule has 0 saturated carbocycles. The molecule has 2 aromatic rings. The fraction of sp³-hybridized carbons (Fsp3) is 0.632. The number of ether oxygens (including phenoxy) is 1. The van der Waals surface area contributed by atoms with Crippen molar-refractivity contribution in [3.05, 3.63) is 35.9 Å². The van der Waals surface area contributed by atoms with Gasteiger partial charge in [-0.25, -0.2) is 0 Å². The zero-order valence-corrected chi connectivity index (χ0v) is 15.7. The van der Waals surface area contributed by atoms with E-state index in [1.54, 1.807) is 11.2 Å². The molecule has 0 N–H and O–H groups in total. The second kappa shape index (κ2) is 8.03. The van der Waals surface area contributed by atoms with Crippen molar-refractivity contribution in [2.45, 2.75) is 64.5 Å². The van der Waals surface area contributed by atoms with Crippen LogP contribution in [0.3, 0.4) is 0 Å². The van der Waals surface area contributed by atoms with Crippen LogP contribution in [0.15, 0.2) is 27.3 Å². The molecule has 7 nitrogen and oxygen atoms in total. The maximum Gasteiger partial charge on any atom is 0.227 e. The molecule has 1 aliphatic rings. The molecular weight excluding hydrogens is 334 g/mol. The van der Waals surface area contributed by atoms with Gasteiger partial charge in [-0.3, -0.25) is 4.79 Å². The lowest BCUT2D eigenvalue weighted by Crippen LogP contribution is -2.37. The predicted molar refractivity (Wildman–Crippen MR) is 94.4 cm³/mol. The van der Waals surface area contributed by atoms with E-state index in [1.165, 1.54) is 0 Å². The van der Waals surface area contributed by atoms with E-state index in [-0.39, 0.29) is 17.4 Å². The zero-order chi connectivity index (χ0) is 18.6. The van der Waals surface area contributed by atoms with Crippen LogP contribution < -0.4 is 0 Å². The summed E-state index contributed by atoms with van der Waals surface area (Å²) in [5.41, 5.74) is -0.170. The van der Waals surface area contributed by atoms with Gasteiger partial charge in [-0.15, -0.1) is 0 Å². The van der Waals surface area contributed by atoms with Crippen LogP contribution in [0.2, 0.25) is 0 Å². The summed E-state index contributed by atoms with van der Waals surface area (Å²) in [6.45, 7) is 7.88. The van der Waals surface area contributed by atoms with Crippen molar-refractivity contribution in [3.63, 3.8) is 0 Å². The third kappa shape index (κ3) is 4.94. The molecule has 3 rings (SSSR count). The molecule has 3 heterocycles. The summed E-state index contributed by atoms with van der Waals surface area (Å²) in [5, 5.41) is 4.01. The van der Waals surface area contributed by atoms with Gasteiger partial charge in [0.1, 0.15) is 5.76 Å². The summed E-state index contributed by atoms with van der Waals surface area (Å²) >= 11 is 0. The standard InChI is InChI=1S/C19H27N3O4/c1-19(2,3)18-20-16(26-21-18)8-9-17(23)22(12-14-6-4-10-24-14)13-15-7-5-11-25-15/h4,6,10,15H,5,7-9,11-13H2,1-3H3. The van der Waals surface area contributed by atoms with Crippen molar-refractivity contribution in [2.75, 3.05) is 13.2 Å². The Hall–Kier alpha value is -2.15. The Bertz CT molecular complexity index is 697. The van der Waals surface area contributed by atoms with Crippen molar-refractivity contribution < 1.29 is 18.5 Å². The maximum absolute atomic E-state index is 12.8. The van der Waals surface area contributed by atoms with Crippen LogP contribution in [0.5, 0.6) is 0 Å². The van der Waals surface area contributed by atoms with Gasteiger partial charge in [0.25, 0.3) is 0 Å². The molecule has 1 aliphatic heterocycles. The number of nitrogens with zero attached hydrogens (tertiary/aromatic N) is 3. The fourth-order valence-electron chi connectivity index (χ4n) is 2.91. The van der Waals surface area contributed by atoms with Gasteiger partial charge in [0.15, 0.2) is 5.82 Å². The van der Waals surface area contributed by atoms with Gasteiger partial charge in [-0.05, 0) is 25.0 Å². The molecule has 0 aromatic carbocycles. The van der Waals surface area contributed by atoms with E-state index in [0.29, 0.717) is 37.6 Å². The van der Waals surface area contributed by atoms with E-state index >= 15 is 0 Å². The number of aromatic nitrogens is 2. The van der Waals surface area contributed by atoms with Crippen molar-refractivity contribution >= 4 is 5.91 Å². The van der Waals surface area contributed by atoms with Crippen molar-refractivity contribution in [2.24, 2.45) is 0 Å². The van der Waals surface area contributed by atoms with Gasteiger partial charge < -0.3 is 18.6 Å². The highest BCUT2D eigenvalue weighted by molar-refractivity contribution is 5.76. The van der Waals surface area contributed by atoms with Crippen LogP contribution in [-0.4, -0.2) is 40.2 Å². The van der Waals surface area contributed by atoms with Crippen LogP contribution >= 0.6 is 0 Å². The first-order valence-corrected chi connectivity index (χ1v) is 9.16. The number of carbonyl (C=O) groups is 1. The topological polar surface area (TPSA) is 81.6 Å². The second-order valence-corrected chi connectivity index (χ2v) is 7.75. The summed E-state index contributed by atoms with van der Waals surface area (Å²) in [6.07, 6.45) is 4.51. The average molecular weight is 361 g/mol. The van der Waals surface area contributed by atoms with Crippen molar-refractivity contribution in [1.82, 2.24) is 15.0 Å². The van der Waals surface area contributed by atoms with Gasteiger partial charge in [0, 0.05) is 31.4 Å². The van der Waals surface area contributed by atoms with E-state index in [9.17, 15) is 4.79 Å². The Balaban J connectivity index is 1.59. The summed E-state index contributed by atoms with van der Waals surface area (Å²) in [6, 6.07) is 3.71. The lowest BCUT2D eigenvalue weighted by atomic mass is 9.96. The Labute approximate surface area is 153 Å². The summed E-state index contributed by atoms with van der Waals surface area (Å²) in [7, 11) is 0. The van der Waals surface area contributed by atoms with E-state index in [1.807, 2.05) is 32.9 Å². The normalized spacial score (nSPS) is 17.6. The van der Waals surface area contributed by atoms with Crippen molar-refractivity contribution in [1.29, 1.82) is 0 Å². The van der Waals surface area contributed by atoms with Crippen LogP contribution in [0.4, 0.5) is 0 Å². The van der Waals surface area contributed by atoms with Gasteiger partial charge in [-0.1, -0.05) is 25.9 Å². The van der Waals surface area contributed by atoms with Crippen LogP contribution in [0.25, 0.3) is 0 Å². The second-order valence-electron chi connectivity index (χ2n) is 7.75. The highest BCUT2D eigenvalue weighted by atomic mass is 16.5. The fourth-order valence-corrected chi connectivity index (χ4v) is 2.91. The number of carbonyl (C=O) groups excluding carboxylic acids is 1. The molecule has 1 amide bonds. The van der Waals surface area contributed by atoms with Crippen LogP contribution in [0, 0.1) is 0 Å². The van der Waals surface area contributed by atoms with Gasteiger partial charge >= 0.3 is 0 Å². The number of rotatable bonds is 7. The van der Waals surface area contributed by atoms with Gasteiger partial charge in [-0.2, -0.15) is 4.98 Å². The zero-order valence-electron chi connectivity index (χ0n) is 15.7. The number of amides is 1. The summed E-state index contributed by atoms with van der Waals surface area (Å²) in [4.78, 5) is 19.0. The number of aryl methyl sites for hydroxylation is 1. The Kier molecular flexibility index (Phi) is 5.76. The lowest BCUT2D eigenvalue weighted by Gasteiger charge is -2.24. The molecule has 0 spiro atoms. The first-order chi connectivity index (χ1) is 12.4. The molecule has 1 fully saturated rings. The third-order valence-electron chi connectivity index (χ3n) is 4.42. The SMILES string of the molecule is CC(C)(C)c1noc(CCC(=O)N(Cc2ccco2)CC2CCCO2)n1. The van der Waals surface area contributed by atoms with E-state index < -0.39 is 0 Å². The largest absolute Gasteiger partial charge is 0.467 e. The molecule has 26 heavy (non-hydrogen) atoms. The Morgan fingerprint density at radius 3 is 2.85 bits per heavy atom. The van der Waals surface area contributed by atoms with Crippen LogP contribution in [0.1, 0.15) is 57.5 Å². The smallest absolute Gasteiger partial charge is 0.227 e. The molecule has 1 atom stereocenters. The van der Waals surface area contributed by atoms with E-state index in [4.69, 9.17) is 13.7 Å². The molecule has 0 radical (unpaired) electrons. The molecule has 0 aliphatic carbocycles. The highest BCUT2D eigenvalue weighted by Crippen LogP contribution is 2.20. The molecular formula is C19H27N3O4. The van der Waals surface area contributed by atoms with Crippen molar-refractivity contribution in [3.8, 4) is 0 Å². The minimum absolute atomic E-state index is 0.0346. The van der Waals surface area contributed by atoms with E-state index in [2.05, 4.69) is 10.1 Å². The maximum atomic E-state index is 12.8. The average Bonchev–Trinajstić information content (AvgIpc) is 3.33. The van der Waals surface area contributed by atoms with Gasteiger partial charge in [0.2, 0.25) is 11.8 Å². The first-order valence-electron chi connectivity index (χ1n) is 9.16. The third-order valence-corrected chi connectivity index (χ3v) is 4.42. The Morgan fingerprint density at radius 1 is 1.38 bits per heavy atom. The molecule has 2 aromatic heterocycles. The molecule has 1 unspecified atom stereocenters. The van der Waals surface area contributed by atoms with E-state index in [0.717, 1.165) is 25.2 Å². The minimum atomic E-state index is -0.170. The van der Waals surface area contributed by atoms with Crippen LogP contribution in [-0.2, 0) is 27.9 Å². The number of furan rings is 1. The molecule has 7 heteroatoms. The predicted octanol–water partition coefficient (Wildman–Crippen LogP) is 3.10. The highest BCUT2D eigenvalue weighted by Gasteiger charge is 2.25. The number of hydrogen-bond acceptors (Lipinski definition) is 6. The number of hydrogen-bond donors (Lipinski definition) is 0. The monoisotopic (exact) mass is 361 g/mol. The summed E-state index contributed by atoms with van der Waals surface area (Å²) < 4.78 is 16.4. The quantitative estimate of drug-likeness (QED) is 0.754. The minimum Gasteiger partial charge on any atom is -0.467 e. The first kappa shape index (κ1) is 18.6. The lowest BCUT2D eigenvalue weighted by molar-refractivity contribution is -0.133.